The Hall–Kier alpha value is -2.52. The lowest BCUT2D eigenvalue weighted by Crippen LogP contribution is -1.97. The van der Waals surface area contributed by atoms with Crippen molar-refractivity contribution in [1.29, 1.82) is 0 Å². The van der Waals surface area contributed by atoms with Gasteiger partial charge in [-0.2, -0.15) is 0 Å². The zero-order valence-corrected chi connectivity index (χ0v) is 12.9. The number of nitrogens with zero attached hydrogens (tertiary/aromatic N) is 2. The summed E-state index contributed by atoms with van der Waals surface area (Å²) in [7, 11) is 1.66. The second-order valence-corrected chi connectivity index (χ2v) is 5.18. The van der Waals surface area contributed by atoms with Crippen LogP contribution in [0.4, 0.5) is 5.69 Å². The predicted octanol–water partition coefficient (Wildman–Crippen LogP) is 4.89. The molecule has 0 aliphatic carbocycles. The molecule has 1 aromatic heterocycles. The minimum absolute atomic E-state index is 0.681. The quantitative estimate of drug-likeness (QED) is 0.630. The van der Waals surface area contributed by atoms with E-state index in [0.717, 1.165) is 22.8 Å². The van der Waals surface area contributed by atoms with Gasteiger partial charge < -0.3 is 9.30 Å². The Kier molecular flexibility index (Phi) is 4.26. The molecule has 3 rings (SSSR count). The summed E-state index contributed by atoms with van der Waals surface area (Å²) < 4.78 is 7.25. The molecule has 3 nitrogen and oxygen atoms in total. The number of ether oxygens (including phenoxy) is 1. The van der Waals surface area contributed by atoms with Crippen molar-refractivity contribution in [1.82, 2.24) is 4.57 Å². The smallest absolute Gasteiger partial charge is 0.119 e. The third-order valence-corrected chi connectivity index (χ3v) is 3.52. The first-order valence-electron chi connectivity index (χ1n) is 6.88. The topological polar surface area (TPSA) is 26.5 Å². The van der Waals surface area contributed by atoms with Crippen molar-refractivity contribution >= 4 is 23.5 Å². The van der Waals surface area contributed by atoms with E-state index >= 15 is 0 Å². The fourth-order valence-electron chi connectivity index (χ4n) is 2.17. The second kappa shape index (κ2) is 6.50. The maximum Gasteiger partial charge on any atom is 0.119 e. The third kappa shape index (κ3) is 3.21. The highest BCUT2D eigenvalue weighted by molar-refractivity contribution is 6.30. The van der Waals surface area contributed by atoms with Crippen molar-refractivity contribution in [3.8, 4) is 11.4 Å². The molecule has 3 aromatic rings. The molecule has 0 spiro atoms. The standard InChI is InChI=1S/C18H15ClN2O/c1-22-18-9-7-16(8-10-18)21-11-3-6-17(21)13-20-15-5-2-4-14(19)12-15/h2-13H,1H3. The van der Waals surface area contributed by atoms with Gasteiger partial charge in [0.15, 0.2) is 0 Å². The number of benzene rings is 2. The van der Waals surface area contributed by atoms with Crippen molar-refractivity contribution < 1.29 is 4.74 Å². The predicted molar refractivity (Wildman–Crippen MR) is 91.0 cm³/mol. The highest BCUT2D eigenvalue weighted by Crippen LogP contribution is 2.19. The van der Waals surface area contributed by atoms with Crippen LogP contribution < -0.4 is 4.74 Å². The zero-order valence-electron chi connectivity index (χ0n) is 12.1. The van der Waals surface area contributed by atoms with Gasteiger partial charge in [-0.1, -0.05) is 17.7 Å². The summed E-state index contributed by atoms with van der Waals surface area (Å²) in [5.74, 6) is 0.838. The molecule has 0 atom stereocenters. The first-order valence-corrected chi connectivity index (χ1v) is 7.25. The number of aromatic nitrogens is 1. The Morgan fingerprint density at radius 3 is 2.59 bits per heavy atom. The fourth-order valence-corrected chi connectivity index (χ4v) is 2.36. The lowest BCUT2D eigenvalue weighted by atomic mass is 10.3. The summed E-state index contributed by atoms with van der Waals surface area (Å²) >= 11 is 5.97. The molecule has 4 heteroatoms. The molecule has 0 radical (unpaired) electrons. The molecule has 0 saturated heterocycles. The van der Waals surface area contributed by atoms with Crippen molar-refractivity contribution in [3.05, 3.63) is 77.6 Å². The van der Waals surface area contributed by atoms with E-state index in [4.69, 9.17) is 16.3 Å². The van der Waals surface area contributed by atoms with E-state index in [-0.39, 0.29) is 0 Å². The van der Waals surface area contributed by atoms with Crippen LogP contribution in [0.2, 0.25) is 5.02 Å². The minimum Gasteiger partial charge on any atom is -0.497 e. The molecule has 22 heavy (non-hydrogen) atoms. The normalized spacial score (nSPS) is 11.0. The van der Waals surface area contributed by atoms with E-state index in [1.165, 1.54) is 0 Å². The Labute approximate surface area is 134 Å². The molecule has 110 valence electrons. The Morgan fingerprint density at radius 2 is 1.86 bits per heavy atom. The van der Waals surface area contributed by atoms with Crippen LogP contribution in [0.15, 0.2) is 71.9 Å². The average molecular weight is 311 g/mol. The van der Waals surface area contributed by atoms with Crippen molar-refractivity contribution in [3.63, 3.8) is 0 Å². The molecule has 1 heterocycles. The first-order chi connectivity index (χ1) is 10.8. The first kappa shape index (κ1) is 14.4. The van der Waals surface area contributed by atoms with Gasteiger partial charge in [0.05, 0.1) is 24.7 Å². The van der Waals surface area contributed by atoms with E-state index in [1.54, 1.807) is 7.11 Å². The summed E-state index contributed by atoms with van der Waals surface area (Å²) in [6.45, 7) is 0. The molecule has 0 amide bonds. The lowest BCUT2D eigenvalue weighted by Gasteiger charge is -2.07. The van der Waals surface area contributed by atoms with E-state index in [0.29, 0.717) is 5.02 Å². The van der Waals surface area contributed by atoms with Gasteiger partial charge in [-0.15, -0.1) is 0 Å². The maximum absolute atomic E-state index is 5.97. The van der Waals surface area contributed by atoms with Gasteiger partial charge >= 0.3 is 0 Å². The summed E-state index contributed by atoms with van der Waals surface area (Å²) in [6, 6.07) is 19.4. The second-order valence-electron chi connectivity index (χ2n) is 4.74. The van der Waals surface area contributed by atoms with Crippen molar-refractivity contribution in [2.45, 2.75) is 0 Å². The monoisotopic (exact) mass is 310 g/mol. The van der Waals surface area contributed by atoms with Crippen LogP contribution in [-0.4, -0.2) is 17.9 Å². The average Bonchev–Trinajstić information content (AvgIpc) is 3.01. The van der Waals surface area contributed by atoms with Crippen LogP contribution in [0.5, 0.6) is 5.75 Å². The summed E-state index contributed by atoms with van der Waals surface area (Å²) in [4.78, 5) is 4.47. The molecule has 2 aromatic carbocycles. The molecule has 0 unspecified atom stereocenters. The van der Waals surface area contributed by atoms with Crippen molar-refractivity contribution in [2.75, 3.05) is 7.11 Å². The van der Waals surface area contributed by atoms with Gasteiger partial charge in [-0.3, -0.25) is 4.99 Å². The molecule has 0 aliphatic rings. The van der Waals surface area contributed by atoms with Gasteiger partial charge in [0.2, 0.25) is 0 Å². The molecule has 0 fully saturated rings. The number of hydrogen-bond donors (Lipinski definition) is 0. The maximum atomic E-state index is 5.97. The van der Waals surface area contributed by atoms with Crippen LogP contribution in [-0.2, 0) is 0 Å². The Morgan fingerprint density at radius 1 is 1.05 bits per heavy atom. The third-order valence-electron chi connectivity index (χ3n) is 3.28. The molecule has 0 aliphatic heterocycles. The van der Waals surface area contributed by atoms with Crippen LogP contribution >= 0.6 is 11.6 Å². The van der Waals surface area contributed by atoms with Gasteiger partial charge in [-0.25, -0.2) is 0 Å². The molecule has 0 N–H and O–H groups in total. The van der Waals surface area contributed by atoms with Gasteiger partial charge in [0, 0.05) is 16.9 Å². The van der Waals surface area contributed by atoms with E-state index < -0.39 is 0 Å². The Bertz CT molecular complexity index is 791. The van der Waals surface area contributed by atoms with Gasteiger partial charge in [0.1, 0.15) is 5.75 Å². The number of methoxy groups -OCH3 is 1. The van der Waals surface area contributed by atoms with E-state index in [2.05, 4.69) is 9.56 Å². The van der Waals surface area contributed by atoms with Crippen LogP contribution in [0, 0.1) is 0 Å². The fraction of sp³-hybridized carbons (Fsp3) is 0.0556. The van der Waals surface area contributed by atoms with E-state index in [9.17, 15) is 0 Å². The largest absolute Gasteiger partial charge is 0.497 e. The number of rotatable bonds is 4. The van der Waals surface area contributed by atoms with Gasteiger partial charge in [0.25, 0.3) is 0 Å². The minimum atomic E-state index is 0.681. The van der Waals surface area contributed by atoms with Crippen molar-refractivity contribution in [2.24, 2.45) is 4.99 Å². The number of halogens is 1. The highest BCUT2D eigenvalue weighted by Gasteiger charge is 2.01. The summed E-state index contributed by atoms with van der Waals surface area (Å²) in [5, 5.41) is 0.681. The molecule has 0 bridgehead atoms. The highest BCUT2D eigenvalue weighted by atomic mass is 35.5. The molecule has 0 saturated carbocycles. The van der Waals surface area contributed by atoms with E-state index in [1.807, 2.05) is 73.1 Å². The van der Waals surface area contributed by atoms with Crippen LogP contribution in [0.1, 0.15) is 5.69 Å². The van der Waals surface area contributed by atoms with Gasteiger partial charge in [-0.05, 0) is 54.6 Å². The Balaban J connectivity index is 1.88. The SMILES string of the molecule is COc1ccc(-n2cccc2C=Nc2cccc(Cl)c2)cc1. The van der Waals surface area contributed by atoms with Crippen LogP contribution in [0.25, 0.3) is 5.69 Å². The number of aliphatic imine (C=N–C) groups is 1. The lowest BCUT2D eigenvalue weighted by molar-refractivity contribution is 0.415. The molecular weight excluding hydrogens is 296 g/mol. The van der Waals surface area contributed by atoms with Crippen LogP contribution in [0.3, 0.4) is 0 Å². The zero-order chi connectivity index (χ0) is 15.4. The molecular formula is C18H15ClN2O. The summed E-state index contributed by atoms with van der Waals surface area (Å²) in [5.41, 5.74) is 2.87. The summed E-state index contributed by atoms with van der Waals surface area (Å²) in [6.07, 6.45) is 3.83. The number of hydrogen-bond acceptors (Lipinski definition) is 2.